The highest BCUT2D eigenvalue weighted by Crippen LogP contribution is 2.32. The number of nitrogens with one attached hydrogen (secondary N) is 1. The molecule has 1 saturated carbocycles. The van der Waals surface area contributed by atoms with Gasteiger partial charge in [0.2, 0.25) is 0 Å². The quantitative estimate of drug-likeness (QED) is 0.592. The van der Waals surface area contributed by atoms with Gasteiger partial charge in [-0.1, -0.05) is 35.2 Å². The van der Waals surface area contributed by atoms with E-state index in [1.807, 2.05) is 6.07 Å². The standard InChI is InChI=1S/C22H19Cl2F3N2O/c1-29(18-7-8-18)11-10-15-3-6-17(13-20(15)24)28-21(30)9-4-14-2-5-16(12-19(14)23)22(25,26)27/h2-3,5-6,12-13,18H,7-8,10-11H2,1H3,(H,28,30). The molecule has 0 aliphatic heterocycles. The van der Waals surface area contributed by atoms with Crippen molar-refractivity contribution in [1.29, 1.82) is 0 Å². The molecule has 0 radical (unpaired) electrons. The monoisotopic (exact) mass is 454 g/mol. The first-order valence-corrected chi connectivity index (χ1v) is 10.1. The zero-order chi connectivity index (χ0) is 21.9. The molecule has 8 heteroatoms. The van der Waals surface area contributed by atoms with Crippen LogP contribution in [0.4, 0.5) is 18.9 Å². The molecule has 2 aromatic carbocycles. The Balaban J connectivity index is 1.60. The Hall–Kier alpha value is -2.20. The van der Waals surface area contributed by atoms with Crippen molar-refractivity contribution in [2.45, 2.75) is 31.5 Å². The van der Waals surface area contributed by atoms with Crippen molar-refractivity contribution >= 4 is 34.8 Å². The lowest BCUT2D eigenvalue weighted by Crippen LogP contribution is -2.23. The zero-order valence-corrected chi connectivity index (χ0v) is 17.6. The molecule has 0 heterocycles. The van der Waals surface area contributed by atoms with Crippen molar-refractivity contribution in [2.24, 2.45) is 0 Å². The summed E-state index contributed by atoms with van der Waals surface area (Å²) in [6.07, 6.45) is -1.19. The number of anilines is 1. The summed E-state index contributed by atoms with van der Waals surface area (Å²) in [5, 5.41) is 2.98. The summed E-state index contributed by atoms with van der Waals surface area (Å²) in [6, 6.07) is 8.71. The molecule has 3 rings (SSSR count). The number of hydrogen-bond donors (Lipinski definition) is 1. The first kappa shape index (κ1) is 22.5. The van der Waals surface area contributed by atoms with Gasteiger partial charge in [-0.25, -0.2) is 0 Å². The molecule has 1 fully saturated rings. The van der Waals surface area contributed by atoms with E-state index in [9.17, 15) is 18.0 Å². The first-order valence-electron chi connectivity index (χ1n) is 9.32. The van der Waals surface area contributed by atoms with Crippen molar-refractivity contribution in [3.63, 3.8) is 0 Å². The van der Waals surface area contributed by atoms with Crippen LogP contribution in [0.3, 0.4) is 0 Å². The number of alkyl halides is 3. The summed E-state index contributed by atoms with van der Waals surface area (Å²) in [5.41, 5.74) is 0.732. The van der Waals surface area contributed by atoms with Crippen LogP contribution >= 0.6 is 23.2 Å². The smallest absolute Gasteiger partial charge is 0.315 e. The van der Waals surface area contributed by atoms with E-state index in [4.69, 9.17) is 23.2 Å². The third kappa shape index (κ3) is 6.15. The fourth-order valence-corrected chi connectivity index (χ4v) is 3.40. The Morgan fingerprint density at radius 1 is 1.17 bits per heavy atom. The van der Waals surface area contributed by atoms with Gasteiger partial charge in [-0.2, -0.15) is 13.2 Å². The Bertz CT molecular complexity index is 1010. The molecule has 1 N–H and O–H groups in total. The molecule has 1 aliphatic rings. The zero-order valence-electron chi connectivity index (χ0n) is 16.1. The lowest BCUT2D eigenvalue weighted by Gasteiger charge is -2.16. The Morgan fingerprint density at radius 3 is 2.50 bits per heavy atom. The summed E-state index contributed by atoms with van der Waals surface area (Å²) in [6.45, 7) is 0.912. The molecule has 0 spiro atoms. The van der Waals surface area contributed by atoms with Crippen molar-refractivity contribution in [1.82, 2.24) is 4.90 Å². The molecule has 0 atom stereocenters. The van der Waals surface area contributed by atoms with Crippen LogP contribution in [-0.2, 0) is 17.4 Å². The average Bonchev–Trinajstić information content (AvgIpc) is 3.50. The van der Waals surface area contributed by atoms with Crippen LogP contribution in [0.1, 0.15) is 29.5 Å². The molecule has 2 aromatic rings. The average molecular weight is 455 g/mol. The molecule has 3 nitrogen and oxygen atoms in total. The maximum Gasteiger partial charge on any atom is 0.416 e. The van der Waals surface area contributed by atoms with Gasteiger partial charge in [0.1, 0.15) is 0 Å². The van der Waals surface area contributed by atoms with Gasteiger partial charge < -0.3 is 10.2 Å². The summed E-state index contributed by atoms with van der Waals surface area (Å²) < 4.78 is 38.0. The molecule has 0 unspecified atom stereocenters. The van der Waals surface area contributed by atoms with Crippen molar-refractivity contribution in [2.75, 3.05) is 18.9 Å². The molecule has 1 aliphatic carbocycles. The fraction of sp³-hybridized carbons (Fsp3) is 0.318. The second-order valence-corrected chi connectivity index (χ2v) is 7.98. The Morgan fingerprint density at radius 2 is 1.90 bits per heavy atom. The molecule has 30 heavy (non-hydrogen) atoms. The lowest BCUT2D eigenvalue weighted by atomic mass is 10.1. The number of likely N-dealkylation sites (N-methyl/N-ethyl adjacent to an activating group) is 1. The number of nitrogens with zero attached hydrogens (tertiary/aromatic N) is 1. The third-order valence-electron chi connectivity index (χ3n) is 4.82. The number of benzene rings is 2. The summed E-state index contributed by atoms with van der Waals surface area (Å²) >= 11 is 12.2. The number of halogens is 5. The van der Waals surface area contributed by atoms with E-state index in [0.717, 1.165) is 36.7 Å². The largest absolute Gasteiger partial charge is 0.416 e. The van der Waals surface area contributed by atoms with E-state index in [1.54, 1.807) is 12.1 Å². The molecule has 0 aromatic heterocycles. The predicted molar refractivity (Wildman–Crippen MR) is 113 cm³/mol. The third-order valence-corrected chi connectivity index (χ3v) is 5.49. The first-order chi connectivity index (χ1) is 14.1. The molecule has 0 bridgehead atoms. The Kier molecular flexibility index (Phi) is 6.97. The molecule has 1 amide bonds. The van der Waals surface area contributed by atoms with Crippen molar-refractivity contribution in [3.8, 4) is 11.8 Å². The van der Waals surface area contributed by atoms with E-state index in [-0.39, 0.29) is 10.6 Å². The predicted octanol–water partition coefficient (Wildman–Crippen LogP) is 5.64. The minimum atomic E-state index is -4.49. The number of hydrogen-bond acceptors (Lipinski definition) is 2. The van der Waals surface area contributed by atoms with Crippen LogP contribution in [-0.4, -0.2) is 30.4 Å². The maximum atomic E-state index is 12.7. The van der Waals surface area contributed by atoms with Gasteiger partial charge >= 0.3 is 12.1 Å². The van der Waals surface area contributed by atoms with E-state index >= 15 is 0 Å². The highest BCUT2D eigenvalue weighted by molar-refractivity contribution is 6.32. The van der Waals surface area contributed by atoms with Crippen LogP contribution in [0.25, 0.3) is 0 Å². The maximum absolute atomic E-state index is 12.7. The van der Waals surface area contributed by atoms with Gasteiger partial charge in [0.15, 0.2) is 0 Å². The second-order valence-electron chi connectivity index (χ2n) is 7.16. The molecule has 158 valence electrons. The van der Waals surface area contributed by atoms with Crippen LogP contribution in [0, 0.1) is 11.8 Å². The number of amides is 1. The summed E-state index contributed by atoms with van der Waals surface area (Å²) in [7, 11) is 2.10. The van der Waals surface area contributed by atoms with Crippen LogP contribution in [0.15, 0.2) is 36.4 Å². The minimum Gasteiger partial charge on any atom is -0.315 e. The van der Waals surface area contributed by atoms with Gasteiger partial charge in [-0.3, -0.25) is 4.79 Å². The summed E-state index contributed by atoms with van der Waals surface area (Å²) in [5.74, 6) is 4.19. The van der Waals surface area contributed by atoms with Crippen LogP contribution in [0.5, 0.6) is 0 Å². The van der Waals surface area contributed by atoms with Gasteiger partial charge in [-0.15, -0.1) is 0 Å². The number of carbonyl (C=O) groups excluding carboxylic acids is 1. The van der Waals surface area contributed by atoms with Gasteiger partial charge in [-0.05, 0) is 62.2 Å². The normalized spacial score (nSPS) is 13.7. The minimum absolute atomic E-state index is 0.132. The lowest BCUT2D eigenvalue weighted by molar-refractivity contribution is -0.137. The van der Waals surface area contributed by atoms with Crippen LogP contribution in [0.2, 0.25) is 10.0 Å². The molecule has 0 saturated heterocycles. The van der Waals surface area contributed by atoms with Gasteiger partial charge in [0.05, 0.1) is 10.6 Å². The van der Waals surface area contributed by atoms with E-state index in [2.05, 4.69) is 29.1 Å². The topological polar surface area (TPSA) is 32.3 Å². The Labute approximate surface area is 183 Å². The van der Waals surface area contributed by atoms with E-state index in [1.165, 1.54) is 12.8 Å². The summed E-state index contributed by atoms with van der Waals surface area (Å²) in [4.78, 5) is 14.4. The number of rotatable bonds is 5. The van der Waals surface area contributed by atoms with E-state index in [0.29, 0.717) is 16.8 Å². The van der Waals surface area contributed by atoms with Crippen molar-refractivity contribution in [3.05, 3.63) is 63.1 Å². The van der Waals surface area contributed by atoms with Gasteiger partial charge in [0, 0.05) is 34.8 Å². The number of carbonyl (C=O) groups is 1. The molecular weight excluding hydrogens is 436 g/mol. The van der Waals surface area contributed by atoms with E-state index < -0.39 is 17.6 Å². The fourth-order valence-electron chi connectivity index (χ4n) is 2.90. The highest BCUT2D eigenvalue weighted by Gasteiger charge is 2.30. The van der Waals surface area contributed by atoms with Crippen molar-refractivity contribution < 1.29 is 18.0 Å². The molecular formula is C22H19Cl2F3N2O. The SMILES string of the molecule is CN(CCc1ccc(NC(=O)C#Cc2ccc(C(F)(F)F)cc2Cl)cc1Cl)C1CC1. The van der Waals surface area contributed by atoms with Crippen LogP contribution < -0.4 is 5.32 Å². The van der Waals surface area contributed by atoms with Gasteiger partial charge in [0.25, 0.3) is 0 Å². The highest BCUT2D eigenvalue weighted by atomic mass is 35.5. The second kappa shape index (κ2) is 9.30.